The fourth-order valence-corrected chi connectivity index (χ4v) is 0.917. The van der Waals surface area contributed by atoms with Gasteiger partial charge in [-0.2, -0.15) is 0 Å². The lowest BCUT2D eigenvalue weighted by Gasteiger charge is -2.05. The topological polar surface area (TPSA) is 47.6 Å². The highest BCUT2D eigenvalue weighted by Gasteiger charge is 2.00. The van der Waals surface area contributed by atoms with E-state index in [2.05, 4.69) is 11.9 Å². The van der Waals surface area contributed by atoms with E-state index in [1.165, 1.54) is 7.05 Å². The first-order valence-corrected chi connectivity index (χ1v) is 4.49. The zero-order chi connectivity index (χ0) is 11.1. The van der Waals surface area contributed by atoms with Gasteiger partial charge in [0.05, 0.1) is 0 Å². The van der Waals surface area contributed by atoms with Crippen molar-refractivity contribution in [1.29, 1.82) is 0 Å². The largest absolute Gasteiger partial charge is 0.490 e. The molecule has 0 atom stereocenters. The van der Waals surface area contributed by atoms with Gasteiger partial charge in [0.1, 0.15) is 18.1 Å². The smallest absolute Gasteiger partial charge is 0.412 e. The van der Waals surface area contributed by atoms with Crippen molar-refractivity contribution in [3.05, 3.63) is 36.9 Å². The van der Waals surface area contributed by atoms with Gasteiger partial charge < -0.3 is 14.8 Å². The van der Waals surface area contributed by atoms with E-state index in [0.717, 1.165) is 0 Å². The Labute approximate surface area is 88.5 Å². The highest BCUT2D eigenvalue weighted by atomic mass is 16.6. The van der Waals surface area contributed by atoms with Crippen molar-refractivity contribution in [3.63, 3.8) is 0 Å². The van der Waals surface area contributed by atoms with Crippen LogP contribution in [0.25, 0.3) is 0 Å². The molecule has 0 aliphatic rings. The normalized spacial score (nSPS) is 9.13. The van der Waals surface area contributed by atoms with E-state index >= 15 is 0 Å². The molecule has 1 rings (SSSR count). The van der Waals surface area contributed by atoms with E-state index in [0.29, 0.717) is 18.1 Å². The Bertz CT molecular complexity index is 332. The van der Waals surface area contributed by atoms with Crippen LogP contribution in [0.15, 0.2) is 36.9 Å². The van der Waals surface area contributed by atoms with Crippen molar-refractivity contribution in [2.75, 3.05) is 13.7 Å². The number of amides is 1. The molecule has 1 aromatic rings. The van der Waals surface area contributed by atoms with E-state index in [1.54, 1.807) is 30.3 Å². The molecule has 0 heterocycles. The monoisotopic (exact) mass is 207 g/mol. The van der Waals surface area contributed by atoms with Crippen molar-refractivity contribution in [3.8, 4) is 11.5 Å². The second kappa shape index (κ2) is 5.70. The van der Waals surface area contributed by atoms with Crippen LogP contribution in [0.3, 0.4) is 0 Å². The van der Waals surface area contributed by atoms with Gasteiger partial charge >= 0.3 is 6.09 Å². The second-order valence-electron chi connectivity index (χ2n) is 2.71. The molecular formula is C11H13NO3. The zero-order valence-corrected chi connectivity index (χ0v) is 8.53. The fourth-order valence-electron chi connectivity index (χ4n) is 0.917. The summed E-state index contributed by atoms with van der Waals surface area (Å²) < 4.78 is 10.2. The summed E-state index contributed by atoms with van der Waals surface area (Å²) in [6, 6.07) is 6.77. The first-order chi connectivity index (χ1) is 7.26. The summed E-state index contributed by atoms with van der Waals surface area (Å²) in [6.07, 6.45) is 1.17. The van der Waals surface area contributed by atoms with E-state index < -0.39 is 6.09 Å². The number of ether oxygens (including phenoxy) is 2. The molecule has 0 bridgehead atoms. The predicted octanol–water partition coefficient (Wildman–Crippen LogP) is 1.97. The molecule has 15 heavy (non-hydrogen) atoms. The first kappa shape index (κ1) is 11.1. The van der Waals surface area contributed by atoms with Gasteiger partial charge in [-0.05, 0) is 24.3 Å². The van der Waals surface area contributed by atoms with Gasteiger partial charge in [0.2, 0.25) is 0 Å². The van der Waals surface area contributed by atoms with Crippen LogP contribution >= 0.6 is 0 Å². The van der Waals surface area contributed by atoms with Crippen LogP contribution in [-0.2, 0) is 0 Å². The zero-order valence-electron chi connectivity index (χ0n) is 8.53. The number of benzene rings is 1. The molecule has 4 heteroatoms. The van der Waals surface area contributed by atoms with Crippen molar-refractivity contribution in [1.82, 2.24) is 5.32 Å². The van der Waals surface area contributed by atoms with Gasteiger partial charge in [-0.1, -0.05) is 12.7 Å². The Morgan fingerprint density at radius 1 is 1.40 bits per heavy atom. The summed E-state index contributed by atoms with van der Waals surface area (Å²) >= 11 is 0. The average Bonchev–Trinajstić information content (AvgIpc) is 2.28. The maximum Gasteiger partial charge on any atom is 0.412 e. The molecule has 0 unspecified atom stereocenters. The number of hydrogen-bond acceptors (Lipinski definition) is 3. The maximum absolute atomic E-state index is 10.9. The van der Waals surface area contributed by atoms with E-state index in [9.17, 15) is 4.79 Å². The second-order valence-corrected chi connectivity index (χ2v) is 2.71. The van der Waals surface area contributed by atoms with Crippen LogP contribution in [-0.4, -0.2) is 19.7 Å². The lowest BCUT2D eigenvalue weighted by atomic mass is 10.3. The van der Waals surface area contributed by atoms with Gasteiger partial charge in [-0.15, -0.1) is 0 Å². The van der Waals surface area contributed by atoms with Crippen LogP contribution < -0.4 is 14.8 Å². The Kier molecular flexibility index (Phi) is 4.22. The third-order valence-electron chi connectivity index (χ3n) is 1.61. The summed E-state index contributed by atoms with van der Waals surface area (Å²) in [5.74, 6) is 1.18. The quantitative estimate of drug-likeness (QED) is 0.768. The number of carbonyl (C=O) groups is 1. The van der Waals surface area contributed by atoms with Gasteiger partial charge in [-0.25, -0.2) is 4.79 Å². The molecule has 0 aromatic heterocycles. The molecular weight excluding hydrogens is 194 g/mol. The Morgan fingerprint density at radius 2 is 2.00 bits per heavy atom. The molecule has 0 radical (unpaired) electrons. The van der Waals surface area contributed by atoms with Crippen molar-refractivity contribution < 1.29 is 14.3 Å². The predicted molar refractivity (Wildman–Crippen MR) is 57.2 cm³/mol. The molecule has 0 spiro atoms. The minimum absolute atomic E-state index is 0.454. The Balaban J connectivity index is 2.55. The molecule has 1 N–H and O–H groups in total. The lowest BCUT2D eigenvalue weighted by Crippen LogP contribution is -2.21. The van der Waals surface area contributed by atoms with Crippen LogP contribution in [0.5, 0.6) is 11.5 Å². The van der Waals surface area contributed by atoms with E-state index in [4.69, 9.17) is 9.47 Å². The summed E-state index contributed by atoms with van der Waals surface area (Å²) in [5.41, 5.74) is 0. The maximum atomic E-state index is 10.9. The molecule has 0 saturated heterocycles. The van der Waals surface area contributed by atoms with Crippen LogP contribution in [0.1, 0.15) is 0 Å². The molecule has 0 aliphatic heterocycles. The summed E-state index contributed by atoms with van der Waals surface area (Å²) in [6.45, 7) is 4.00. The number of hydrogen-bond donors (Lipinski definition) is 1. The molecule has 0 saturated carbocycles. The minimum atomic E-state index is -0.491. The van der Waals surface area contributed by atoms with Crippen molar-refractivity contribution in [2.45, 2.75) is 0 Å². The summed E-state index contributed by atoms with van der Waals surface area (Å²) in [5, 5.41) is 2.36. The molecule has 0 aliphatic carbocycles. The van der Waals surface area contributed by atoms with Crippen LogP contribution in [0.4, 0.5) is 4.79 Å². The van der Waals surface area contributed by atoms with Gasteiger partial charge in [0, 0.05) is 7.05 Å². The SMILES string of the molecule is C=CCOc1ccc(OC(=O)NC)cc1. The molecule has 80 valence electrons. The minimum Gasteiger partial charge on any atom is -0.490 e. The Hall–Kier alpha value is -1.97. The summed E-state index contributed by atoms with van der Waals surface area (Å²) in [4.78, 5) is 10.9. The highest BCUT2D eigenvalue weighted by Crippen LogP contribution is 2.17. The average molecular weight is 207 g/mol. The highest BCUT2D eigenvalue weighted by molar-refractivity contribution is 5.69. The lowest BCUT2D eigenvalue weighted by molar-refractivity contribution is 0.203. The van der Waals surface area contributed by atoms with Crippen LogP contribution in [0.2, 0.25) is 0 Å². The fraction of sp³-hybridized carbons (Fsp3) is 0.182. The third kappa shape index (κ3) is 3.72. The number of carbonyl (C=O) groups excluding carboxylic acids is 1. The van der Waals surface area contributed by atoms with Gasteiger partial charge in [-0.3, -0.25) is 0 Å². The molecule has 4 nitrogen and oxygen atoms in total. The number of nitrogens with one attached hydrogen (secondary N) is 1. The van der Waals surface area contributed by atoms with E-state index in [-0.39, 0.29) is 0 Å². The molecule has 1 aromatic carbocycles. The molecule has 1 amide bonds. The summed E-state index contributed by atoms with van der Waals surface area (Å²) in [7, 11) is 1.50. The van der Waals surface area contributed by atoms with Gasteiger partial charge in [0.15, 0.2) is 0 Å². The molecule has 0 fully saturated rings. The number of rotatable bonds is 4. The standard InChI is InChI=1S/C11H13NO3/c1-3-8-14-9-4-6-10(7-5-9)15-11(13)12-2/h3-7H,1,8H2,2H3,(H,12,13). The first-order valence-electron chi connectivity index (χ1n) is 4.49. The third-order valence-corrected chi connectivity index (χ3v) is 1.61. The Morgan fingerprint density at radius 3 is 2.53 bits per heavy atom. The van der Waals surface area contributed by atoms with Crippen LogP contribution in [0, 0.1) is 0 Å². The van der Waals surface area contributed by atoms with Crippen molar-refractivity contribution >= 4 is 6.09 Å². The van der Waals surface area contributed by atoms with Crippen molar-refractivity contribution in [2.24, 2.45) is 0 Å². The van der Waals surface area contributed by atoms with E-state index in [1.807, 2.05) is 0 Å². The van der Waals surface area contributed by atoms with Gasteiger partial charge in [0.25, 0.3) is 0 Å².